The second kappa shape index (κ2) is 7.99. The SMILES string of the molecule is CCC[C@@H](NC(=O)COc1c(C)ccc(C)c1C)c1nccn1C. The first-order chi connectivity index (χ1) is 11.4. The van der Waals surface area contributed by atoms with Gasteiger partial charge in [0.15, 0.2) is 6.61 Å². The Morgan fingerprint density at radius 3 is 2.62 bits per heavy atom. The molecule has 0 fully saturated rings. The maximum Gasteiger partial charge on any atom is 0.258 e. The summed E-state index contributed by atoms with van der Waals surface area (Å²) in [4.78, 5) is 16.7. The van der Waals surface area contributed by atoms with Gasteiger partial charge in [0.1, 0.15) is 11.6 Å². The smallest absolute Gasteiger partial charge is 0.258 e. The molecule has 0 bridgehead atoms. The maximum atomic E-state index is 12.3. The maximum absolute atomic E-state index is 12.3. The van der Waals surface area contributed by atoms with E-state index in [-0.39, 0.29) is 18.6 Å². The third-order valence-corrected chi connectivity index (χ3v) is 4.30. The lowest BCUT2D eigenvalue weighted by Crippen LogP contribution is -2.34. The molecular weight excluding hydrogens is 302 g/mol. The highest BCUT2D eigenvalue weighted by molar-refractivity contribution is 5.78. The Balaban J connectivity index is 2.02. The Hall–Kier alpha value is -2.30. The fourth-order valence-corrected chi connectivity index (χ4v) is 2.79. The first-order valence-corrected chi connectivity index (χ1v) is 8.40. The van der Waals surface area contributed by atoms with Crippen LogP contribution in [0.25, 0.3) is 0 Å². The molecule has 0 unspecified atom stereocenters. The zero-order chi connectivity index (χ0) is 17.7. The van der Waals surface area contributed by atoms with E-state index in [0.717, 1.165) is 41.1 Å². The van der Waals surface area contributed by atoms with Crippen LogP contribution in [0.15, 0.2) is 24.5 Å². The van der Waals surface area contributed by atoms with Gasteiger partial charge in [0.2, 0.25) is 0 Å². The lowest BCUT2D eigenvalue weighted by molar-refractivity contribution is -0.124. The third kappa shape index (κ3) is 4.16. The molecule has 0 radical (unpaired) electrons. The molecule has 24 heavy (non-hydrogen) atoms. The number of nitrogens with zero attached hydrogens (tertiary/aromatic N) is 2. The van der Waals surface area contributed by atoms with Crippen molar-refractivity contribution in [1.29, 1.82) is 0 Å². The van der Waals surface area contributed by atoms with E-state index in [9.17, 15) is 4.79 Å². The molecule has 5 heteroatoms. The Morgan fingerprint density at radius 2 is 2.00 bits per heavy atom. The van der Waals surface area contributed by atoms with Gasteiger partial charge in [-0.15, -0.1) is 0 Å². The van der Waals surface area contributed by atoms with Gasteiger partial charge >= 0.3 is 0 Å². The van der Waals surface area contributed by atoms with Crippen molar-refractivity contribution in [2.24, 2.45) is 7.05 Å². The number of carbonyl (C=O) groups excluding carboxylic acids is 1. The number of hydrogen-bond acceptors (Lipinski definition) is 3. The van der Waals surface area contributed by atoms with Crippen molar-refractivity contribution in [2.75, 3.05) is 6.61 Å². The van der Waals surface area contributed by atoms with Crippen LogP contribution in [0.1, 0.15) is 48.3 Å². The van der Waals surface area contributed by atoms with Gasteiger partial charge in [-0.05, 0) is 43.9 Å². The quantitative estimate of drug-likeness (QED) is 0.847. The van der Waals surface area contributed by atoms with E-state index < -0.39 is 0 Å². The summed E-state index contributed by atoms with van der Waals surface area (Å²) in [5.41, 5.74) is 3.28. The van der Waals surface area contributed by atoms with Crippen LogP contribution < -0.4 is 10.1 Å². The summed E-state index contributed by atoms with van der Waals surface area (Å²) in [5, 5.41) is 3.04. The Kier molecular flexibility index (Phi) is 6.01. The number of carbonyl (C=O) groups is 1. The number of hydrogen-bond donors (Lipinski definition) is 1. The molecule has 2 rings (SSSR count). The highest BCUT2D eigenvalue weighted by Crippen LogP contribution is 2.25. The molecule has 0 aliphatic heterocycles. The minimum Gasteiger partial charge on any atom is -0.483 e. The fourth-order valence-electron chi connectivity index (χ4n) is 2.79. The van der Waals surface area contributed by atoms with Crippen molar-refractivity contribution in [1.82, 2.24) is 14.9 Å². The number of aromatic nitrogens is 2. The zero-order valence-electron chi connectivity index (χ0n) is 15.2. The van der Waals surface area contributed by atoms with Crippen molar-refractivity contribution in [3.8, 4) is 5.75 Å². The number of rotatable bonds is 7. The van der Waals surface area contributed by atoms with Crippen LogP contribution in [0, 0.1) is 20.8 Å². The average Bonchev–Trinajstić information content (AvgIpc) is 2.97. The number of imidazole rings is 1. The van der Waals surface area contributed by atoms with E-state index >= 15 is 0 Å². The van der Waals surface area contributed by atoms with E-state index in [4.69, 9.17) is 4.74 Å². The molecule has 0 saturated heterocycles. The van der Waals surface area contributed by atoms with Crippen LogP contribution in [0.5, 0.6) is 5.75 Å². The highest BCUT2D eigenvalue weighted by Gasteiger charge is 2.18. The summed E-state index contributed by atoms with van der Waals surface area (Å²) in [6, 6.07) is 3.99. The van der Waals surface area contributed by atoms with Crippen LogP contribution in [0.4, 0.5) is 0 Å². The van der Waals surface area contributed by atoms with Crippen LogP contribution >= 0.6 is 0 Å². The molecule has 1 atom stereocenters. The number of amides is 1. The molecule has 0 aliphatic carbocycles. The fraction of sp³-hybridized carbons (Fsp3) is 0.474. The summed E-state index contributed by atoms with van der Waals surface area (Å²) in [6.07, 6.45) is 5.45. The van der Waals surface area contributed by atoms with Gasteiger partial charge in [-0.25, -0.2) is 4.98 Å². The predicted octanol–water partition coefficient (Wildman–Crippen LogP) is 3.38. The van der Waals surface area contributed by atoms with Gasteiger partial charge in [0.25, 0.3) is 5.91 Å². The van der Waals surface area contributed by atoms with Crippen LogP contribution in [0.2, 0.25) is 0 Å². The minimum atomic E-state index is -0.128. The van der Waals surface area contributed by atoms with Gasteiger partial charge in [-0.1, -0.05) is 25.5 Å². The molecule has 0 aliphatic rings. The topological polar surface area (TPSA) is 56.1 Å². The van der Waals surface area contributed by atoms with Gasteiger partial charge < -0.3 is 14.6 Å². The molecule has 1 heterocycles. The molecule has 1 aromatic heterocycles. The Labute approximate surface area is 144 Å². The van der Waals surface area contributed by atoms with Crippen molar-refractivity contribution in [2.45, 2.75) is 46.6 Å². The third-order valence-electron chi connectivity index (χ3n) is 4.30. The summed E-state index contributed by atoms with van der Waals surface area (Å²) in [6.45, 7) is 8.16. The van der Waals surface area contributed by atoms with Gasteiger partial charge in [-0.3, -0.25) is 4.79 Å². The molecule has 1 amide bonds. The summed E-state index contributed by atoms with van der Waals surface area (Å²) in [7, 11) is 1.94. The van der Waals surface area contributed by atoms with Gasteiger partial charge in [0, 0.05) is 19.4 Å². The minimum absolute atomic E-state index is 0.00969. The molecule has 1 N–H and O–H groups in total. The monoisotopic (exact) mass is 329 g/mol. The molecule has 0 saturated carbocycles. The van der Waals surface area contributed by atoms with Crippen molar-refractivity contribution < 1.29 is 9.53 Å². The largest absolute Gasteiger partial charge is 0.483 e. The number of aryl methyl sites for hydroxylation is 3. The van der Waals surface area contributed by atoms with E-state index in [0.29, 0.717) is 0 Å². The predicted molar refractivity (Wildman–Crippen MR) is 95.1 cm³/mol. The molecular formula is C19H27N3O2. The first kappa shape index (κ1) is 18.0. The van der Waals surface area contributed by atoms with Crippen molar-refractivity contribution in [3.05, 3.63) is 47.0 Å². The van der Waals surface area contributed by atoms with Gasteiger partial charge in [0.05, 0.1) is 6.04 Å². The second-order valence-corrected chi connectivity index (χ2v) is 6.25. The van der Waals surface area contributed by atoms with E-state index in [1.54, 1.807) is 6.20 Å². The lowest BCUT2D eigenvalue weighted by atomic mass is 10.1. The summed E-state index contributed by atoms with van der Waals surface area (Å²) < 4.78 is 7.74. The normalized spacial score (nSPS) is 12.0. The lowest BCUT2D eigenvalue weighted by Gasteiger charge is -2.19. The molecule has 1 aromatic carbocycles. The highest BCUT2D eigenvalue weighted by atomic mass is 16.5. The Morgan fingerprint density at radius 1 is 1.29 bits per heavy atom. The number of ether oxygens (including phenoxy) is 1. The number of benzene rings is 1. The summed E-state index contributed by atoms with van der Waals surface area (Å²) in [5.74, 6) is 1.54. The summed E-state index contributed by atoms with van der Waals surface area (Å²) >= 11 is 0. The van der Waals surface area contributed by atoms with Crippen LogP contribution in [-0.4, -0.2) is 22.1 Å². The zero-order valence-corrected chi connectivity index (χ0v) is 15.2. The van der Waals surface area contributed by atoms with Gasteiger partial charge in [-0.2, -0.15) is 0 Å². The number of nitrogens with one attached hydrogen (secondary N) is 1. The van der Waals surface area contributed by atoms with E-state index in [1.165, 1.54) is 0 Å². The van der Waals surface area contributed by atoms with Crippen molar-refractivity contribution in [3.63, 3.8) is 0 Å². The van der Waals surface area contributed by atoms with Crippen LogP contribution in [0.3, 0.4) is 0 Å². The standard InChI is InChI=1S/C19H27N3O2/c1-6-7-16(19-20-10-11-22(19)5)21-17(23)12-24-18-14(3)9-8-13(2)15(18)4/h8-11,16H,6-7,12H2,1-5H3,(H,21,23)/t16-/m1/s1. The molecule has 5 nitrogen and oxygen atoms in total. The molecule has 2 aromatic rings. The van der Waals surface area contributed by atoms with Crippen LogP contribution in [-0.2, 0) is 11.8 Å². The second-order valence-electron chi connectivity index (χ2n) is 6.25. The average molecular weight is 329 g/mol. The molecule has 0 spiro atoms. The van der Waals surface area contributed by atoms with Crippen molar-refractivity contribution >= 4 is 5.91 Å². The Bertz CT molecular complexity index is 707. The first-order valence-electron chi connectivity index (χ1n) is 8.40. The van der Waals surface area contributed by atoms with E-state index in [1.807, 2.05) is 44.6 Å². The molecule has 130 valence electrons. The van der Waals surface area contributed by atoms with E-state index in [2.05, 4.69) is 23.3 Å².